The molecule has 0 saturated carbocycles. The number of benzene rings is 3. The Bertz CT molecular complexity index is 2480. The number of fused-ring (bicyclic) bond motifs is 1. The Labute approximate surface area is 371 Å². The van der Waals surface area contributed by atoms with Crippen LogP contribution in [0.3, 0.4) is 0 Å². The van der Waals surface area contributed by atoms with Gasteiger partial charge in [-0.3, -0.25) is 34.3 Å². The molecular weight excluding hydrogens is 911 g/mol. The highest BCUT2D eigenvalue weighted by Gasteiger charge is 2.45. The monoisotopic (exact) mass is 953 g/mol. The van der Waals surface area contributed by atoms with Crippen molar-refractivity contribution in [3.05, 3.63) is 86.2 Å². The van der Waals surface area contributed by atoms with Crippen LogP contribution in [-0.4, -0.2) is 109 Å². The Morgan fingerprint density at radius 3 is 2.25 bits per heavy atom. The fraction of sp³-hybridized carbons (Fsp3) is 0.381. The minimum Gasteiger partial charge on any atom is -0.369 e. The van der Waals surface area contributed by atoms with Gasteiger partial charge in [-0.1, -0.05) is 35.3 Å². The molecule has 3 saturated heterocycles. The number of nitrogens with zero attached hydrogens (tertiary/aromatic N) is 6. The molecule has 0 radical (unpaired) electrons. The summed E-state index contributed by atoms with van der Waals surface area (Å²) in [5, 5.41) is 10.4. The third-order valence-corrected chi connectivity index (χ3v) is 14.5. The maximum Gasteiger partial charge on any atom is 0.262 e. The molecule has 3 fully saturated rings. The normalized spacial score (nSPS) is 19.0. The number of aromatic nitrogens is 2. The lowest BCUT2D eigenvalue weighted by Gasteiger charge is -2.38. The number of nitrogens with one attached hydrogen (secondary N) is 3. The van der Waals surface area contributed by atoms with Crippen molar-refractivity contribution in [1.29, 1.82) is 0 Å². The standard InChI is InChI=1S/C42H44BrCl2FN9O5P/c1-61(2,60)36-6-4-3-5-31(36)48-38-27(43)23-47-42(51-38)49-32-21-29(45)34(22-28(32)44)54-17-15-52(16-18-54)12-9-24-10-13-53(14-11-24)35-20-26-25(19-30(35)46)40(58)55(41(26)59)33-7-8-37(56)50-39(33)57/h3-6,19-24,33H,7-18H2,1-2H3,(H,50,56,57)(H2,47,48,49,51). The number of imide groups is 2. The molecule has 4 amide bonds. The molecule has 4 aromatic rings. The van der Waals surface area contributed by atoms with Crippen LogP contribution in [0.5, 0.6) is 0 Å². The molecule has 0 spiro atoms. The first kappa shape index (κ1) is 43.1. The van der Waals surface area contributed by atoms with Gasteiger partial charge in [-0.2, -0.15) is 4.98 Å². The number of para-hydroxylation sites is 1. The Morgan fingerprint density at radius 1 is 0.852 bits per heavy atom. The number of hydrogen-bond donors (Lipinski definition) is 3. The van der Waals surface area contributed by atoms with E-state index in [0.29, 0.717) is 56.7 Å². The van der Waals surface area contributed by atoms with Crippen LogP contribution in [0.1, 0.15) is 52.8 Å². The number of halogens is 4. The molecule has 1 atom stereocenters. The first-order chi connectivity index (χ1) is 29.1. The van der Waals surface area contributed by atoms with Crippen molar-refractivity contribution < 1.29 is 28.1 Å². The second-order valence-corrected chi connectivity index (χ2v) is 21.0. The number of rotatable bonds is 11. The molecule has 14 nitrogen and oxygen atoms in total. The number of piperidine rings is 2. The Morgan fingerprint density at radius 2 is 1.54 bits per heavy atom. The SMILES string of the molecule is CP(C)(=O)c1ccccc1Nc1nc(Nc2cc(Cl)c(N3CCN(CCC4CCN(c5cc6c(cc5F)C(=O)N(C5CCC(=O)NC5=O)C6=O)CC4)CC3)cc2Cl)ncc1Br. The van der Waals surface area contributed by atoms with Crippen molar-refractivity contribution in [2.75, 3.05) is 79.6 Å². The van der Waals surface area contributed by atoms with Crippen LogP contribution in [0.2, 0.25) is 10.0 Å². The van der Waals surface area contributed by atoms with E-state index in [1.54, 1.807) is 25.6 Å². The zero-order chi connectivity index (χ0) is 43.2. The van der Waals surface area contributed by atoms with Crippen LogP contribution in [0, 0.1) is 11.7 Å². The van der Waals surface area contributed by atoms with Crippen molar-refractivity contribution in [1.82, 2.24) is 25.1 Å². The first-order valence-corrected chi connectivity index (χ1v) is 24.3. The van der Waals surface area contributed by atoms with Gasteiger partial charge in [0.05, 0.1) is 48.4 Å². The van der Waals surface area contributed by atoms with E-state index < -0.39 is 42.6 Å². The van der Waals surface area contributed by atoms with Crippen molar-refractivity contribution in [2.24, 2.45) is 5.92 Å². The largest absolute Gasteiger partial charge is 0.369 e. The highest BCUT2D eigenvalue weighted by Crippen LogP contribution is 2.40. The predicted molar refractivity (Wildman–Crippen MR) is 240 cm³/mol. The van der Waals surface area contributed by atoms with Crippen LogP contribution in [-0.2, 0) is 14.2 Å². The number of carbonyl (C=O) groups is 4. The van der Waals surface area contributed by atoms with Gasteiger partial charge in [0.25, 0.3) is 11.8 Å². The maximum atomic E-state index is 15.5. The number of piperazine rings is 1. The van der Waals surface area contributed by atoms with E-state index in [-0.39, 0.29) is 29.7 Å². The molecule has 4 aliphatic heterocycles. The maximum absolute atomic E-state index is 15.5. The van der Waals surface area contributed by atoms with E-state index in [9.17, 15) is 23.7 Å². The average molecular weight is 956 g/mol. The zero-order valence-corrected chi connectivity index (χ0v) is 37.5. The van der Waals surface area contributed by atoms with Crippen LogP contribution in [0.25, 0.3) is 0 Å². The Kier molecular flexibility index (Phi) is 12.5. The van der Waals surface area contributed by atoms with Gasteiger partial charge in [0.15, 0.2) is 0 Å². The number of hydrogen-bond acceptors (Lipinski definition) is 12. The molecule has 0 bridgehead atoms. The smallest absolute Gasteiger partial charge is 0.262 e. The molecule has 4 aliphatic rings. The quantitative estimate of drug-likeness (QED) is 0.102. The average Bonchev–Trinajstić information content (AvgIpc) is 3.46. The van der Waals surface area contributed by atoms with Gasteiger partial charge >= 0.3 is 0 Å². The van der Waals surface area contributed by atoms with Gasteiger partial charge in [-0.15, -0.1) is 0 Å². The second-order valence-electron chi connectivity index (χ2n) is 16.1. The van der Waals surface area contributed by atoms with Gasteiger partial charge in [-0.05, 0) is 104 Å². The highest BCUT2D eigenvalue weighted by molar-refractivity contribution is 9.10. The summed E-state index contributed by atoms with van der Waals surface area (Å²) in [6, 6.07) is 12.5. The number of amides is 4. The van der Waals surface area contributed by atoms with Crippen molar-refractivity contribution in [3.8, 4) is 0 Å². The third kappa shape index (κ3) is 9.15. The van der Waals surface area contributed by atoms with E-state index in [1.807, 2.05) is 35.2 Å². The fourth-order valence-corrected chi connectivity index (χ4v) is 10.4. The van der Waals surface area contributed by atoms with E-state index >= 15 is 4.39 Å². The van der Waals surface area contributed by atoms with Gasteiger partial charge in [0.1, 0.15) is 24.8 Å². The summed E-state index contributed by atoms with van der Waals surface area (Å²) < 4.78 is 29.0. The van der Waals surface area contributed by atoms with Gasteiger partial charge < -0.3 is 25.0 Å². The molecule has 320 valence electrons. The molecule has 19 heteroatoms. The summed E-state index contributed by atoms with van der Waals surface area (Å²) in [6.45, 7) is 8.86. The summed E-state index contributed by atoms with van der Waals surface area (Å²) in [7, 11) is -2.55. The molecule has 1 aromatic heterocycles. The van der Waals surface area contributed by atoms with E-state index in [4.69, 9.17) is 23.2 Å². The predicted octanol–water partition coefficient (Wildman–Crippen LogP) is 7.25. The van der Waals surface area contributed by atoms with Crippen LogP contribution in [0.4, 0.5) is 38.9 Å². The molecule has 1 unspecified atom stereocenters. The van der Waals surface area contributed by atoms with Crippen LogP contribution >= 0.6 is 46.3 Å². The summed E-state index contributed by atoms with van der Waals surface area (Å²) >= 11 is 17.2. The fourth-order valence-electron chi connectivity index (χ4n) is 8.45. The summed E-state index contributed by atoms with van der Waals surface area (Å²) in [6.07, 6.45) is 4.40. The zero-order valence-electron chi connectivity index (χ0n) is 33.5. The lowest BCUT2D eigenvalue weighted by molar-refractivity contribution is -0.136. The number of carbonyl (C=O) groups excluding carboxylic acids is 4. The Hall–Kier alpha value is -4.60. The molecule has 3 aromatic carbocycles. The first-order valence-electron chi connectivity index (χ1n) is 20.1. The van der Waals surface area contributed by atoms with Crippen molar-refractivity contribution in [2.45, 2.75) is 38.1 Å². The van der Waals surface area contributed by atoms with E-state index in [1.165, 1.54) is 6.07 Å². The Balaban J connectivity index is 0.821. The molecule has 5 heterocycles. The van der Waals surface area contributed by atoms with Crippen molar-refractivity contribution in [3.63, 3.8) is 0 Å². The minimum atomic E-state index is -2.55. The van der Waals surface area contributed by atoms with Gasteiger partial charge in [0, 0.05) is 57.2 Å². The molecular formula is C42H44BrCl2FN9O5P. The summed E-state index contributed by atoms with van der Waals surface area (Å²) in [5.74, 6) is -1.86. The van der Waals surface area contributed by atoms with Gasteiger partial charge in [-0.25, -0.2) is 9.37 Å². The second kappa shape index (κ2) is 17.6. The van der Waals surface area contributed by atoms with Crippen LogP contribution < -0.4 is 31.1 Å². The molecule has 0 aliphatic carbocycles. The van der Waals surface area contributed by atoms with Crippen LogP contribution in [0.15, 0.2) is 59.2 Å². The lowest BCUT2D eigenvalue weighted by atomic mass is 9.92. The number of anilines is 6. The summed E-state index contributed by atoms with van der Waals surface area (Å²) in [5.41, 5.74) is 2.38. The summed E-state index contributed by atoms with van der Waals surface area (Å²) in [4.78, 5) is 67.0. The molecule has 61 heavy (non-hydrogen) atoms. The highest BCUT2D eigenvalue weighted by atomic mass is 79.9. The van der Waals surface area contributed by atoms with Gasteiger partial charge in [0.2, 0.25) is 17.8 Å². The molecule has 8 rings (SSSR count). The molecule has 3 N–H and O–H groups in total. The van der Waals surface area contributed by atoms with Crippen molar-refractivity contribution >= 4 is 110 Å². The lowest BCUT2D eigenvalue weighted by Crippen LogP contribution is -2.54. The minimum absolute atomic E-state index is 0.0151. The third-order valence-electron chi connectivity index (χ3n) is 11.8. The van der Waals surface area contributed by atoms with E-state index in [2.05, 4.69) is 51.6 Å². The topological polar surface area (TPSA) is 160 Å². The van der Waals surface area contributed by atoms with E-state index in [0.717, 1.165) is 73.9 Å².